The molecular formula is C21H18Cl3N3. The van der Waals surface area contributed by atoms with E-state index in [4.69, 9.17) is 34.8 Å². The maximum absolute atomic E-state index is 6.27. The third-order valence-electron chi connectivity index (χ3n) is 4.61. The molecule has 0 bridgehead atoms. The van der Waals surface area contributed by atoms with Gasteiger partial charge < -0.3 is 15.6 Å². The van der Waals surface area contributed by atoms with Crippen LogP contribution in [0.1, 0.15) is 5.56 Å². The Kier molecular flexibility index (Phi) is 5.20. The lowest BCUT2D eigenvalue weighted by Crippen LogP contribution is -2.10. The molecule has 0 amide bonds. The monoisotopic (exact) mass is 417 g/mol. The molecule has 4 aromatic rings. The van der Waals surface area contributed by atoms with E-state index in [1.54, 1.807) is 0 Å². The predicted octanol–water partition coefficient (Wildman–Crippen LogP) is 6.79. The number of likely N-dealkylation sites (N-methyl/N-ethyl adjacent to an activating group) is 1. The van der Waals surface area contributed by atoms with E-state index in [0.717, 1.165) is 46.1 Å². The van der Waals surface area contributed by atoms with Crippen molar-refractivity contribution in [3.05, 3.63) is 69.2 Å². The second-order valence-electron chi connectivity index (χ2n) is 6.48. The highest BCUT2D eigenvalue weighted by molar-refractivity contribution is 6.43. The van der Waals surface area contributed by atoms with E-state index in [2.05, 4.69) is 27.8 Å². The van der Waals surface area contributed by atoms with Gasteiger partial charge in [-0.1, -0.05) is 34.8 Å². The molecule has 0 aliphatic rings. The lowest BCUT2D eigenvalue weighted by atomic mass is 10.0. The van der Waals surface area contributed by atoms with E-state index >= 15 is 0 Å². The van der Waals surface area contributed by atoms with E-state index in [0.29, 0.717) is 15.1 Å². The largest absolute Gasteiger partial charge is 0.355 e. The fourth-order valence-corrected chi connectivity index (χ4v) is 3.75. The zero-order valence-corrected chi connectivity index (χ0v) is 16.9. The Hall–Kier alpha value is -1.91. The van der Waals surface area contributed by atoms with Gasteiger partial charge in [0, 0.05) is 38.2 Å². The van der Waals surface area contributed by atoms with Gasteiger partial charge in [-0.3, -0.25) is 0 Å². The number of benzene rings is 3. The minimum Gasteiger partial charge on any atom is -0.355 e. The zero-order chi connectivity index (χ0) is 19.0. The van der Waals surface area contributed by atoms with Crippen LogP contribution in [0.25, 0.3) is 21.8 Å². The number of fused-ring (bicyclic) bond motifs is 3. The number of halogens is 3. The summed E-state index contributed by atoms with van der Waals surface area (Å²) in [5.41, 5.74) is 5.32. The molecule has 0 saturated heterocycles. The average Bonchev–Trinajstić information content (AvgIpc) is 3.00. The molecule has 0 radical (unpaired) electrons. The van der Waals surface area contributed by atoms with Crippen LogP contribution in [-0.4, -0.2) is 18.6 Å². The summed E-state index contributed by atoms with van der Waals surface area (Å²) in [5, 5.41) is 10.7. The summed E-state index contributed by atoms with van der Waals surface area (Å²) in [5.74, 6) is 0. The van der Waals surface area contributed by atoms with Gasteiger partial charge in [0.1, 0.15) is 0 Å². The van der Waals surface area contributed by atoms with Crippen LogP contribution in [0.5, 0.6) is 0 Å². The highest BCUT2D eigenvalue weighted by Gasteiger charge is 2.13. The number of hydrogen-bond acceptors (Lipinski definition) is 2. The van der Waals surface area contributed by atoms with Gasteiger partial charge in [0.15, 0.2) is 0 Å². The Balaban J connectivity index is 1.87. The summed E-state index contributed by atoms with van der Waals surface area (Å²) in [4.78, 5) is 3.51. The quantitative estimate of drug-likeness (QED) is 0.334. The minimum atomic E-state index is 0.548. The van der Waals surface area contributed by atoms with Crippen LogP contribution in [0.4, 0.5) is 11.4 Å². The van der Waals surface area contributed by atoms with Gasteiger partial charge in [-0.2, -0.15) is 0 Å². The molecule has 6 heteroatoms. The van der Waals surface area contributed by atoms with Crippen molar-refractivity contribution < 1.29 is 0 Å². The number of H-pyrrole nitrogens is 1. The highest BCUT2D eigenvalue weighted by Crippen LogP contribution is 2.36. The van der Waals surface area contributed by atoms with Gasteiger partial charge in [0.25, 0.3) is 0 Å². The first-order valence-electron chi connectivity index (χ1n) is 8.65. The van der Waals surface area contributed by atoms with Crippen molar-refractivity contribution in [2.45, 2.75) is 6.42 Å². The molecule has 0 fully saturated rings. The molecule has 0 saturated carbocycles. The third-order valence-corrected chi connectivity index (χ3v) is 5.58. The van der Waals surface area contributed by atoms with Crippen molar-refractivity contribution in [2.75, 3.05) is 18.9 Å². The molecule has 0 aliphatic heterocycles. The Labute approximate surface area is 172 Å². The fourth-order valence-electron chi connectivity index (χ4n) is 3.30. The number of rotatable bonds is 5. The van der Waals surface area contributed by atoms with Crippen molar-refractivity contribution in [2.24, 2.45) is 0 Å². The second-order valence-corrected chi connectivity index (χ2v) is 7.73. The van der Waals surface area contributed by atoms with Crippen LogP contribution < -0.4 is 10.6 Å². The first kappa shape index (κ1) is 18.5. The van der Waals surface area contributed by atoms with E-state index in [1.165, 1.54) is 5.56 Å². The van der Waals surface area contributed by atoms with Crippen LogP contribution in [-0.2, 0) is 6.42 Å². The molecular weight excluding hydrogens is 401 g/mol. The first-order chi connectivity index (χ1) is 13.0. The average molecular weight is 419 g/mol. The maximum Gasteiger partial charge on any atom is 0.0613 e. The topological polar surface area (TPSA) is 39.8 Å². The summed E-state index contributed by atoms with van der Waals surface area (Å²) >= 11 is 18.5. The molecule has 1 heterocycles. The van der Waals surface area contributed by atoms with Gasteiger partial charge in [0.05, 0.1) is 10.0 Å². The predicted molar refractivity (Wildman–Crippen MR) is 118 cm³/mol. The van der Waals surface area contributed by atoms with E-state index < -0.39 is 0 Å². The number of aromatic nitrogens is 1. The summed E-state index contributed by atoms with van der Waals surface area (Å²) in [6.07, 6.45) is 0.900. The minimum absolute atomic E-state index is 0.548. The first-order valence-corrected chi connectivity index (χ1v) is 9.79. The van der Waals surface area contributed by atoms with E-state index in [1.807, 2.05) is 43.4 Å². The third kappa shape index (κ3) is 3.74. The molecule has 27 heavy (non-hydrogen) atoms. The van der Waals surface area contributed by atoms with Gasteiger partial charge in [-0.05, 0) is 74.1 Å². The zero-order valence-electron chi connectivity index (χ0n) is 14.7. The van der Waals surface area contributed by atoms with E-state index in [9.17, 15) is 0 Å². The Morgan fingerprint density at radius 1 is 0.852 bits per heavy atom. The molecule has 3 nitrogen and oxygen atoms in total. The molecule has 0 unspecified atom stereocenters. The van der Waals surface area contributed by atoms with Gasteiger partial charge in [-0.25, -0.2) is 0 Å². The van der Waals surface area contributed by atoms with E-state index in [-0.39, 0.29) is 0 Å². The summed E-state index contributed by atoms with van der Waals surface area (Å²) in [6.45, 7) is 0.885. The SMILES string of the molecule is CNCCc1cc(Nc2ccc(Cl)cc2)cc2c1[nH]c1cc(Cl)c(Cl)cc12. The highest BCUT2D eigenvalue weighted by atomic mass is 35.5. The molecule has 0 atom stereocenters. The van der Waals surface area contributed by atoms with Gasteiger partial charge in [0.2, 0.25) is 0 Å². The van der Waals surface area contributed by atoms with Crippen molar-refractivity contribution >= 4 is 68.0 Å². The molecule has 3 N–H and O–H groups in total. The summed E-state index contributed by atoms with van der Waals surface area (Å²) in [7, 11) is 1.96. The molecule has 138 valence electrons. The van der Waals surface area contributed by atoms with Crippen LogP contribution in [0.3, 0.4) is 0 Å². The number of aromatic amines is 1. The van der Waals surface area contributed by atoms with Crippen molar-refractivity contribution in [1.29, 1.82) is 0 Å². The molecule has 4 rings (SSSR count). The Morgan fingerprint density at radius 3 is 2.33 bits per heavy atom. The summed E-state index contributed by atoms with van der Waals surface area (Å²) in [6, 6.07) is 15.8. The lowest BCUT2D eigenvalue weighted by molar-refractivity contribution is 0.794. The number of nitrogens with one attached hydrogen (secondary N) is 3. The lowest BCUT2D eigenvalue weighted by Gasteiger charge is -2.11. The van der Waals surface area contributed by atoms with Crippen LogP contribution in [0.2, 0.25) is 15.1 Å². The van der Waals surface area contributed by atoms with Crippen molar-refractivity contribution in [3.63, 3.8) is 0 Å². The van der Waals surface area contributed by atoms with Crippen LogP contribution in [0.15, 0.2) is 48.5 Å². The number of anilines is 2. The maximum atomic E-state index is 6.27. The fraction of sp³-hybridized carbons (Fsp3) is 0.143. The molecule has 0 spiro atoms. The van der Waals surface area contributed by atoms with Gasteiger partial charge in [-0.15, -0.1) is 0 Å². The standard InChI is InChI=1S/C21H18Cl3N3/c1-25-7-6-12-8-15(26-14-4-2-13(22)3-5-14)9-17-16-10-18(23)19(24)11-20(16)27-21(12)17/h2-5,8-11,25-27H,6-7H2,1H3. The Morgan fingerprint density at radius 2 is 1.59 bits per heavy atom. The van der Waals surface area contributed by atoms with Crippen molar-refractivity contribution in [1.82, 2.24) is 10.3 Å². The molecule has 3 aromatic carbocycles. The number of hydrogen-bond donors (Lipinski definition) is 3. The summed E-state index contributed by atoms with van der Waals surface area (Å²) < 4.78 is 0. The molecule has 0 aliphatic carbocycles. The van der Waals surface area contributed by atoms with Crippen LogP contribution >= 0.6 is 34.8 Å². The smallest absolute Gasteiger partial charge is 0.0613 e. The molecule has 1 aromatic heterocycles. The van der Waals surface area contributed by atoms with Gasteiger partial charge >= 0.3 is 0 Å². The normalized spacial score (nSPS) is 11.4. The second kappa shape index (κ2) is 7.61. The van der Waals surface area contributed by atoms with Crippen molar-refractivity contribution in [3.8, 4) is 0 Å². The van der Waals surface area contributed by atoms with Crippen LogP contribution in [0, 0.1) is 0 Å². The Bertz CT molecular complexity index is 1120.